The molecule has 5 nitrogen and oxygen atoms in total. The van der Waals surface area contributed by atoms with Crippen LogP contribution in [0.2, 0.25) is 0 Å². The summed E-state index contributed by atoms with van der Waals surface area (Å²) in [4.78, 5) is 14.3. The van der Waals surface area contributed by atoms with E-state index in [0.29, 0.717) is 5.56 Å². The summed E-state index contributed by atoms with van der Waals surface area (Å²) in [7, 11) is -3.68. The molecule has 1 fully saturated rings. The Morgan fingerprint density at radius 3 is 2.52 bits per heavy atom. The summed E-state index contributed by atoms with van der Waals surface area (Å²) < 4.78 is 27.8. The first-order valence-electron chi connectivity index (χ1n) is 8.41. The van der Waals surface area contributed by atoms with Crippen molar-refractivity contribution in [2.45, 2.75) is 31.2 Å². The lowest BCUT2D eigenvalue weighted by Gasteiger charge is -2.16. The Balaban J connectivity index is 1.77. The van der Waals surface area contributed by atoms with E-state index in [1.807, 2.05) is 31.2 Å². The standard InChI is InChI=1S/C19H22N2O3S/c1-15-7-2-3-8-17(15)14-20-25(23,24)18-10-6-9-16(13-18)19(22)21-11-4-5-12-21/h2-3,6-10,13,20H,4-5,11-12,14H2,1H3. The van der Waals surface area contributed by atoms with Crippen molar-refractivity contribution >= 4 is 15.9 Å². The van der Waals surface area contributed by atoms with E-state index in [1.54, 1.807) is 17.0 Å². The van der Waals surface area contributed by atoms with Crippen LogP contribution in [0.5, 0.6) is 0 Å². The van der Waals surface area contributed by atoms with Crippen LogP contribution in [-0.4, -0.2) is 32.3 Å². The number of hydrogen-bond acceptors (Lipinski definition) is 3. The monoisotopic (exact) mass is 358 g/mol. The van der Waals surface area contributed by atoms with E-state index in [0.717, 1.165) is 37.1 Å². The number of nitrogens with zero attached hydrogens (tertiary/aromatic N) is 1. The zero-order valence-electron chi connectivity index (χ0n) is 14.2. The van der Waals surface area contributed by atoms with Gasteiger partial charge in [0, 0.05) is 25.2 Å². The topological polar surface area (TPSA) is 66.5 Å². The van der Waals surface area contributed by atoms with Gasteiger partial charge in [-0.15, -0.1) is 0 Å². The lowest BCUT2D eigenvalue weighted by molar-refractivity contribution is 0.0792. The number of carbonyl (C=O) groups is 1. The molecule has 0 aromatic heterocycles. The predicted molar refractivity (Wildman–Crippen MR) is 96.8 cm³/mol. The third kappa shape index (κ3) is 4.08. The van der Waals surface area contributed by atoms with Gasteiger partial charge >= 0.3 is 0 Å². The van der Waals surface area contributed by atoms with Crippen LogP contribution in [0.3, 0.4) is 0 Å². The lowest BCUT2D eigenvalue weighted by Crippen LogP contribution is -2.28. The Bertz CT molecular complexity index is 872. The van der Waals surface area contributed by atoms with Gasteiger partial charge in [0.25, 0.3) is 5.91 Å². The minimum absolute atomic E-state index is 0.103. The molecule has 2 aromatic rings. The Hall–Kier alpha value is -2.18. The van der Waals surface area contributed by atoms with Gasteiger partial charge in [0.2, 0.25) is 10.0 Å². The molecule has 1 heterocycles. The summed E-state index contributed by atoms with van der Waals surface area (Å²) >= 11 is 0. The fraction of sp³-hybridized carbons (Fsp3) is 0.316. The summed E-state index contributed by atoms with van der Waals surface area (Å²) in [5, 5.41) is 0. The Labute approximate surface area is 148 Å². The summed E-state index contributed by atoms with van der Waals surface area (Å²) in [5.41, 5.74) is 2.37. The number of hydrogen-bond donors (Lipinski definition) is 1. The molecule has 6 heteroatoms. The van der Waals surface area contributed by atoms with Crippen LogP contribution in [-0.2, 0) is 16.6 Å². The van der Waals surface area contributed by atoms with Crippen molar-refractivity contribution in [2.75, 3.05) is 13.1 Å². The van der Waals surface area contributed by atoms with Crippen LogP contribution in [0.1, 0.15) is 34.3 Å². The second-order valence-electron chi connectivity index (χ2n) is 6.28. The van der Waals surface area contributed by atoms with Crippen LogP contribution < -0.4 is 4.72 Å². The molecule has 0 aliphatic carbocycles. The van der Waals surface area contributed by atoms with Crippen LogP contribution >= 0.6 is 0 Å². The Morgan fingerprint density at radius 2 is 1.80 bits per heavy atom. The lowest BCUT2D eigenvalue weighted by atomic mass is 10.1. The van der Waals surface area contributed by atoms with Gasteiger partial charge in [0.05, 0.1) is 4.90 Å². The summed E-state index contributed by atoms with van der Waals surface area (Å²) in [6.45, 7) is 3.64. The van der Waals surface area contributed by atoms with Crippen molar-refractivity contribution in [3.8, 4) is 0 Å². The maximum atomic E-state index is 12.6. The number of likely N-dealkylation sites (tertiary alicyclic amines) is 1. The van der Waals surface area contributed by atoms with Crippen LogP contribution in [0.15, 0.2) is 53.4 Å². The Kier molecular flexibility index (Phi) is 5.20. The van der Waals surface area contributed by atoms with E-state index in [4.69, 9.17) is 0 Å². The zero-order valence-corrected chi connectivity index (χ0v) is 15.1. The largest absolute Gasteiger partial charge is 0.339 e. The quantitative estimate of drug-likeness (QED) is 0.894. The molecule has 132 valence electrons. The third-order valence-electron chi connectivity index (χ3n) is 4.50. The first kappa shape index (κ1) is 17.6. The van der Waals surface area contributed by atoms with E-state index in [-0.39, 0.29) is 17.3 Å². The van der Waals surface area contributed by atoms with Crippen molar-refractivity contribution in [1.29, 1.82) is 0 Å². The second kappa shape index (κ2) is 7.37. The summed E-state index contributed by atoms with van der Waals surface area (Å²) in [5.74, 6) is -0.103. The van der Waals surface area contributed by atoms with Crippen LogP contribution in [0.4, 0.5) is 0 Å². The first-order valence-corrected chi connectivity index (χ1v) is 9.89. The highest BCUT2D eigenvalue weighted by molar-refractivity contribution is 7.89. The van der Waals surface area contributed by atoms with Gasteiger partial charge < -0.3 is 4.90 Å². The molecule has 1 amide bonds. The molecular weight excluding hydrogens is 336 g/mol. The number of carbonyl (C=O) groups excluding carboxylic acids is 1. The van der Waals surface area contributed by atoms with Crippen molar-refractivity contribution in [3.05, 3.63) is 65.2 Å². The third-order valence-corrected chi connectivity index (χ3v) is 5.90. The number of aryl methyl sites for hydroxylation is 1. The number of sulfonamides is 1. The summed E-state index contributed by atoms with van der Waals surface area (Å²) in [6.07, 6.45) is 2.00. The minimum atomic E-state index is -3.68. The molecule has 0 bridgehead atoms. The SMILES string of the molecule is Cc1ccccc1CNS(=O)(=O)c1cccc(C(=O)N2CCCC2)c1. The van der Waals surface area contributed by atoms with Crippen molar-refractivity contribution in [2.24, 2.45) is 0 Å². The van der Waals surface area contributed by atoms with E-state index >= 15 is 0 Å². The maximum Gasteiger partial charge on any atom is 0.253 e. The predicted octanol–water partition coefficient (Wildman–Crippen LogP) is 2.71. The van der Waals surface area contributed by atoms with Crippen molar-refractivity contribution in [3.63, 3.8) is 0 Å². The highest BCUT2D eigenvalue weighted by Crippen LogP contribution is 2.17. The van der Waals surface area contributed by atoms with E-state index < -0.39 is 10.0 Å². The fourth-order valence-electron chi connectivity index (χ4n) is 2.96. The molecule has 25 heavy (non-hydrogen) atoms. The molecule has 0 unspecified atom stereocenters. The molecule has 2 aromatic carbocycles. The average Bonchev–Trinajstić information content (AvgIpc) is 3.15. The molecule has 0 saturated carbocycles. The molecule has 1 N–H and O–H groups in total. The van der Waals surface area contributed by atoms with Gasteiger partial charge in [0.1, 0.15) is 0 Å². The smallest absolute Gasteiger partial charge is 0.253 e. The molecule has 1 aliphatic rings. The number of rotatable bonds is 5. The van der Waals surface area contributed by atoms with Crippen molar-refractivity contribution in [1.82, 2.24) is 9.62 Å². The highest BCUT2D eigenvalue weighted by atomic mass is 32.2. The van der Waals surface area contributed by atoms with Gasteiger partial charge in [-0.1, -0.05) is 30.3 Å². The number of amides is 1. The highest BCUT2D eigenvalue weighted by Gasteiger charge is 2.21. The van der Waals surface area contributed by atoms with Gasteiger partial charge in [-0.05, 0) is 49.1 Å². The van der Waals surface area contributed by atoms with Crippen molar-refractivity contribution < 1.29 is 13.2 Å². The van der Waals surface area contributed by atoms with E-state index in [9.17, 15) is 13.2 Å². The van der Waals surface area contributed by atoms with Gasteiger partial charge in [-0.25, -0.2) is 13.1 Å². The number of benzene rings is 2. The van der Waals surface area contributed by atoms with E-state index in [2.05, 4.69) is 4.72 Å². The van der Waals surface area contributed by atoms with Gasteiger partial charge in [-0.3, -0.25) is 4.79 Å². The molecule has 3 rings (SSSR count). The first-order chi connectivity index (χ1) is 12.0. The normalized spacial score (nSPS) is 14.7. The van der Waals surface area contributed by atoms with E-state index in [1.165, 1.54) is 12.1 Å². The summed E-state index contributed by atoms with van der Waals surface area (Å²) in [6, 6.07) is 13.9. The Morgan fingerprint density at radius 1 is 1.08 bits per heavy atom. The molecule has 1 aliphatic heterocycles. The molecule has 0 atom stereocenters. The minimum Gasteiger partial charge on any atom is -0.339 e. The molecular formula is C19H22N2O3S. The molecule has 0 spiro atoms. The van der Waals surface area contributed by atoms with Gasteiger partial charge in [-0.2, -0.15) is 0 Å². The fourth-order valence-corrected chi connectivity index (χ4v) is 4.02. The maximum absolute atomic E-state index is 12.6. The van der Waals surface area contributed by atoms with Gasteiger partial charge in [0.15, 0.2) is 0 Å². The average molecular weight is 358 g/mol. The van der Waals surface area contributed by atoms with Crippen LogP contribution in [0, 0.1) is 6.92 Å². The zero-order chi connectivity index (χ0) is 17.9. The molecule has 1 saturated heterocycles. The molecule has 0 radical (unpaired) electrons. The number of nitrogens with one attached hydrogen (secondary N) is 1. The van der Waals surface area contributed by atoms with Crippen LogP contribution in [0.25, 0.3) is 0 Å². The second-order valence-corrected chi connectivity index (χ2v) is 8.05.